The van der Waals surface area contributed by atoms with Crippen LogP contribution in [0, 0.1) is 11.3 Å². The van der Waals surface area contributed by atoms with Crippen molar-refractivity contribution in [3.63, 3.8) is 0 Å². The van der Waals surface area contributed by atoms with Gasteiger partial charge in [-0.3, -0.25) is 4.79 Å². The Morgan fingerprint density at radius 1 is 1.60 bits per heavy atom. The van der Waals surface area contributed by atoms with Crippen LogP contribution in [0.3, 0.4) is 0 Å². The molecule has 0 rings (SSSR count). The highest BCUT2D eigenvalue weighted by Crippen LogP contribution is 2.05. The second-order valence-corrected chi connectivity index (χ2v) is 3.40. The summed E-state index contributed by atoms with van der Waals surface area (Å²) in [5.41, 5.74) is -1.13. The Morgan fingerprint density at radius 2 is 2.20 bits per heavy atom. The maximum Gasteiger partial charge on any atom is 0.331 e. The first-order chi connectivity index (χ1) is 6.94. The number of nitriles is 1. The van der Waals surface area contributed by atoms with Crippen molar-refractivity contribution in [2.24, 2.45) is 0 Å². The summed E-state index contributed by atoms with van der Waals surface area (Å²) < 4.78 is 4.78. The lowest BCUT2D eigenvalue weighted by Crippen LogP contribution is -2.50. The van der Waals surface area contributed by atoms with E-state index < -0.39 is 17.4 Å². The number of rotatable bonds is 5. The lowest BCUT2D eigenvalue weighted by atomic mass is 10.1. The summed E-state index contributed by atoms with van der Waals surface area (Å²) >= 11 is 0. The van der Waals surface area contributed by atoms with Crippen LogP contribution in [0.25, 0.3) is 0 Å². The van der Waals surface area contributed by atoms with Crippen LogP contribution in [0.4, 0.5) is 0 Å². The molecule has 82 valence electrons. The molecular weight excluding hydrogens is 196 g/mol. The molecule has 0 saturated carbocycles. The predicted molar refractivity (Wildman–Crippen MR) is 53.6 cm³/mol. The van der Waals surface area contributed by atoms with Crippen molar-refractivity contribution in [3.05, 3.63) is 12.7 Å². The van der Waals surface area contributed by atoms with E-state index in [0.717, 1.165) is 0 Å². The van der Waals surface area contributed by atoms with Gasteiger partial charge in [0.25, 0.3) is 0 Å². The van der Waals surface area contributed by atoms with Gasteiger partial charge in [0.2, 0.25) is 5.91 Å². The van der Waals surface area contributed by atoms with Gasteiger partial charge in [-0.25, -0.2) is 4.79 Å². The van der Waals surface area contributed by atoms with Gasteiger partial charge >= 0.3 is 5.97 Å². The Hall–Kier alpha value is -1.83. The van der Waals surface area contributed by atoms with E-state index in [9.17, 15) is 9.59 Å². The van der Waals surface area contributed by atoms with Crippen LogP contribution in [-0.2, 0) is 14.3 Å². The van der Waals surface area contributed by atoms with Gasteiger partial charge in [0, 0.05) is 0 Å². The van der Waals surface area contributed by atoms with Crippen molar-refractivity contribution in [1.29, 1.82) is 5.26 Å². The lowest BCUT2D eigenvalue weighted by molar-refractivity contribution is -0.150. The lowest BCUT2D eigenvalue weighted by Gasteiger charge is -2.23. The maximum absolute atomic E-state index is 11.4. The van der Waals surface area contributed by atoms with Crippen molar-refractivity contribution >= 4 is 11.9 Å². The standard InChI is InChI=1S/C10H14N2O3/c1-4-7-15-9(14)10(2,3)12-8(13)5-6-11/h4H,1,5,7H2,2-3H3,(H,12,13). The molecule has 5 heteroatoms. The molecule has 0 aromatic carbocycles. The van der Waals surface area contributed by atoms with E-state index in [4.69, 9.17) is 10.00 Å². The van der Waals surface area contributed by atoms with Crippen molar-refractivity contribution in [1.82, 2.24) is 5.32 Å². The largest absolute Gasteiger partial charge is 0.460 e. The van der Waals surface area contributed by atoms with Gasteiger partial charge in [0.15, 0.2) is 0 Å². The molecule has 5 nitrogen and oxygen atoms in total. The number of esters is 1. The smallest absolute Gasteiger partial charge is 0.331 e. The first-order valence-electron chi connectivity index (χ1n) is 4.40. The van der Waals surface area contributed by atoms with Gasteiger partial charge < -0.3 is 10.1 Å². The maximum atomic E-state index is 11.4. The molecule has 0 aromatic heterocycles. The molecule has 0 bridgehead atoms. The topological polar surface area (TPSA) is 79.2 Å². The Morgan fingerprint density at radius 3 is 2.67 bits per heavy atom. The van der Waals surface area contributed by atoms with Crippen LogP contribution in [0.5, 0.6) is 0 Å². The van der Waals surface area contributed by atoms with E-state index in [1.807, 2.05) is 0 Å². The molecule has 0 spiro atoms. The second kappa shape index (κ2) is 5.81. The average molecular weight is 210 g/mol. The van der Waals surface area contributed by atoms with Gasteiger partial charge in [0.1, 0.15) is 18.6 Å². The summed E-state index contributed by atoms with van der Waals surface area (Å²) in [5.74, 6) is -1.06. The molecule has 0 atom stereocenters. The molecular formula is C10H14N2O3. The molecule has 0 radical (unpaired) electrons. The summed E-state index contributed by atoms with van der Waals surface area (Å²) in [4.78, 5) is 22.5. The molecule has 0 fully saturated rings. The first-order valence-corrected chi connectivity index (χ1v) is 4.40. The molecule has 15 heavy (non-hydrogen) atoms. The molecule has 0 unspecified atom stereocenters. The molecule has 1 N–H and O–H groups in total. The summed E-state index contributed by atoms with van der Waals surface area (Å²) in [6.45, 7) is 6.51. The minimum atomic E-state index is -1.13. The Kier molecular flexibility index (Phi) is 5.10. The van der Waals surface area contributed by atoms with E-state index in [1.165, 1.54) is 19.9 Å². The van der Waals surface area contributed by atoms with Crippen LogP contribution in [0.15, 0.2) is 12.7 Å². The van der Waals surface area contributed by atoms with Crippen molar-refractivity contribution in [2.45, 2.75) is 25.8 Å². The monoisotopic (exact) mass is 210 g/mol. The Bertz CT molecular complexity index is 302. The van der Waals surface area contributed by atoms with Gasteiger partial charge in [0.05, 0.1) is 6.07 Å². The number of amides is 1. The minimum absolute atomic E-state index is 0.0936. The summed E-state index contributed by atoms with van der Waals surface area (Å²) in [5, 5.41) is 10.7. The highest BCUT2D eigenvalue weighted by molar-refractivity contribution is 5.88. The third-order valence-corrected chi connectivity index (χ3v) is 1.53. The van der Waals surface area contributed by atoms with E-state index in [2.05, 4.69) is 11.9 Å². The van der Waals surface area contributed by atoms with E-state index in [0.29, 0.717) is 0 Å². The number of carbonyl (C=O) groups is 2. The van der Waals surface area contributed by atoms with Crippen LogP contribution in [0.2, 0.25) is 0 Å². The van der Waals surface area contributed by atoms with Crippen molar-refractivity contribution < 1.29 is 14.3 Å². The predicted octanol–water partition coefficient (Wildman–Crippen LogP) is 0.524. The number of nitrogens with one attached hydrogen (secondary N) is 1. The fourth-order valence-electron chi connectivity index (χ4n) is 0.831. The zero-order valence-corrected chi connectivity index (χ0v) is 8.87. The fraction of sp³-hybridized carbons (Fsp3) is 0.500. The molecule has 0 aliphatic heterocycles. The molecule has 0 aromatic rings. The highest BCUT2D eigenvalue weighted by atomic mass is 16.5. The third-order valence-electron chi connectivity index (χ3n) is 1.53. The third kappa shape index (κ3) is 4.81. The van der Waals surface area contributed by atoms with Crippen LogP contribution in [-0.4, -0.2) is 24.0 Å². The van der Waals surface area contributed by atoms with Crippen molar-refractivity contribution in [2.75, 3.05) is 6.61 Å². The fourth-order valence-corrected chi connectivity index (χ4v) is 0.831. The zero-order chi connectivity index (χ0) is 11.9. The molecule has 0 heterocycles. The molecule has 0 aliphatic rings. The number of hydrogen-bond donors (Lipinski definition) is 1. The molecule has 1 amide bonds. The molecule has 0 saturated heterocycles. The SMILES string of the molecule is C=CCOC(=O)C(C)(C)NC(=O)CC#N. The summed E-state index contributed by atoms with van der Waals surface area (Å²) in [6, 6.07) is 1.69. The Balaban J connectivity index is 4.28. The van der Waals surface area contributed by atoms with E-state index in [1.54, 1.807) is 6.07 Å². The average Bonchev–Trinajstić information content (AvgIpc) is 2.13. The van der Waals surface area contributed by atoms with Gasteiger partial charge in [-0.05, 0) is 13.8 Å². The summed E-state index contributed by atoms with van der Waals surface area (Å²) in [7, 11) is 0. The highest BCUT2D eigenvalue weighted by Gasteiger charge is 2.30. The van der Waals surface area contributed by atoms with E-state index in [-0.39, 0.29) is 13.0 Å². The van der Waals surface area contributed by atoms with Gasteiger partial charge in [-0.2, -0.15) is 5.26 Å². The summed E-state index contributed by atoms with van der Waals surface area (Å²) in [6.07, 6.45) is 1.16. The first kappa shape index (κ1) is 13.2. The zero-order valence-electron chi connectivity index (χ0n) is 8.87. The van der Waals surface area contributed by atoms with Crippen LogP contribution >= 0.6 is 0 Å². The van der Waals surface area contributed by atoms with Gasteiger partial charge in [-0.1, -0.05) is 12.7 Å². The van der Waals surface area contributed by atoms with E-state index >= 15 is 0 Å². The quantitative estimate of drug-likeness (QED) is 0.530. The van der Waals surface area contributed by atoms with Gasteiger partial charge in [-0.15, -0.1) is 0 Å². The number of carbonyl (C=O) groups excluding carboxylic acids is 2. The molecule has 0 aliphatic carbocycles. The number of ether oxygens (including phenoxy) is 1. The van der Waals surface area contributed by atoms with Crippen LogP contribution in [0.1, 0.15) is 20.3 Å². The number of nitrogens with zero attached hydrogens (tertiary/aromatic N) is 1. The second-order valence-electron chi connectivity index (χ2n) is 3.40. The number of hydrogen-bond acceptors (Lipinski definition) is 4. The Labute approximate surface area is 88.7 Å². The van der Waals surface area contributed by atoms with Crippen LogP contribution < -0.4 is 5.32 Å². The van der Waals surface area contributed by atoms with Crippen molar-refractivity contribution in [3.8, 4) is 6.07 Å². The normalized spacial score (nSPS) is 9.93. The minimum Gasteiger partial charge on any atom is -0.460 e.